The maximum atomic E-state index is 11.0. The Morgan fingerprint density at radius 3 is 2.40 bits per heavy atom. The molecular weight excluding hydrogens is 316 g/mol. The zero-order valence-electron chi connectivity index (χ0n) is 13.7. The highest BCUT2D eigenvalue weighted by atomic mass is 16.5. The van der Waals surface area contributed by atoms with Gasteiger partial charge in [-0.3, -0.25) is 0 Å². The summed E-state index contributed by atoms with van der Waals surface area (Å²) >= 11 is 0. The Labute approximate surface area is 145 Å². The lowest BCUT2D eigenvalue weighted by Crippen LogP contribution is -2.06. The zero-order chi connectivity index (χ0) is 17.8. The Morgan fingerprint density at radius 2 is 1.76 bits per heavy atom. The quantitative estimate of drug-likeness (QED) is 0.731. The molecule has 1 heterocycles. The molecule has 0 amide bonds. The third kappa shape index (κ3) is 3.77. The SMILES string of the molecule is CC(Oc1cc(-c2ccc(C(=O)O)cc2)cnc1N)c1ccccc1. The summed E-state index contributed by atoms with van der Waals surface area (Å²) in [5.74, 6) is -0.146. The highest BCUT2D eigenvalue weighted by molar-refractivity contribution is 5.88. The fourth-order valence-electron chi connectivity index (χ4n) is 2.50. The average Bonchev–Trinajstić information content (AvgIpc) is 2.64. The van der Waals surface area contributed by atoms with E-state index in [1.807, 2.05) is 43.3 Å². The third-order valence-electron chi connectivity index (χ3n) is 3.92. The first kappa shape index (κ1) is 16.5. The number of pyridine rings is 1. The van der Waals surface area contributed by atoms with Crippen molar-refractivity contribution in [2.75, 3.05) is 5.73 Å². The van der Waals surface area contributed by atoms with Gasteiger partial charge >= 0.3 is 5.97 Å². The van der Waals surface area contributed by atoms with E-state index in [1.165, 1.54) is 0 Å². The summed E-state index contributed by atoms with van der Waals surface area (Å²) in [7, 11) is 0. The zero-order valence-corrected chi connectivity index (χ0v) is 13.7. The molecule has 0 aliphatic rings. The van der Waals surface area contributed by atoms with Gasteiger partial charge in [-0.2, -0.15) is 0 Å². The van der Waals surface area contributed by atoms with Crippen LogP contribution in [-0.2, 0) is 0 Å². The predicted molar refractivity (Wildman–Crippen MR) is 96.5 cm³/mol. The molecule has 126 valence electrons. The van der Waals surface area contributed by atoms with Gasteiger partial charge < -0.3 is 15.6 Å². The topological polar surface area (TPSA) is 85.4 Å². The number of aromatic nitrogens is 1. The van der Waals surface area contributed by atoms with E-state index in [-0.39, 0.29) is 11.7 Å². The van der Waals surface area contributed by atoms with E-state index in [1.54, 1.807) is 30.5 Å². The summed E-state index contributed by atoms with van der Waals surface area (Å²) in [4.78, 5) is 15.2. The number of hydrogen-bond acceptors (Lipinski definition) is 4. The van der Waals surface area contributed by atoms with Gasteiger partial charge in [0.25, 0.3) is 0 Å². The Kier molecular flexibility index (Phi) is 4.66. The normalized spacial score (nSPS) is 11.7. The molecule has 0 saturated carbocycles. The van der Waals surface area contributed by atoms with Crippen LogP contribution in [0.3, 0.4) is 0 Å². The number of rotatable bonds is 5. The number of anilines is 1. The molecule has 0 aliphatic heterocycles. The van der Waals surface area contributed by atoms with Crippen LogP contribution < -0.4 is 10.5 Å². The number of aromatic carboxylic acids is 1. The van der Waals surface area contributed by atoms with Crippen LogP contribution in [0.15, 0.2) is 66.9 Å². The van der Waals surface area contributed by atoms with E-state index in [2.05, 4.69) is 4.98 Å². The molecule has 0 spiro atoms. The van der Waals surface area contributed by atoms with Crippen molar-refractivity contribution in [2.24, 2.45) is 0 Å². The molecule has 1 unspecified atom stereocenters. The largest absolute Gasteiger partial charge is 0.482 e. The molecule has 0 bridgehead atoms. The van der Waals surface area contributed by atoms with E-state index < -0.39 is 5.97 Å². The maximum Gasteiger partial charge on any atom is 0.335 e. The van der Waals surface area contributed by atoms with Crippen molar-refractivity contribution in [3.05, 3.63) is 78.0 Å². The van der Waals surface area contributed by atoms with Crippen molar-refractivity contribution in [1.29, 1.82) is 0 Å². The number of benzene rings is 2. The van der Waals surface area contributed by atoms with Gasteiger partial charge in [-0.05, 0) is 36.2 Å². The van der Waals surface area contributed by atoms with Crippen LogP contribution in [-0.4, -0.2) is 16.1 Å². The molecule has 0 saturated heterocycles. The maximum absolute atomic E-state index is 11.0. The van der Waals surface area contributed by atoms with Gasteiger partial charge in [-0.25, -0.2) is 9.78 Å². The van der Waals surface area contributed by atoms with Gasteiger partial charge in [0, 0.05) is 11.8 Å². The van der Waals surface area contributed by atoms with Gasteiger partial charge in [0.2, 0.25) is 0 Å². The second-order valence-corrected chi connectivity index (χ2v) is 5.66. The Hall–Kier alpha value is -3.34. The smallest absolute Gasteiger partial charge is 0.335 e. The van der Waals surface area contributed by atoms with Gasteiger partial charge in [0.1, 0.15) is 6.10 Å². The van der Waals surface area contributed by atoms with Crippen LogP contribution in [0.2, 0.25) is 0 Å². The number of nitrogens with two attached hydrogens (primary N) is 1. The molecule has 5 nitrogen and oxygen atoms in total. The van der Waals surface area contributed by atoms with Gasteiger partial charge in [0.15, 0.2) is 11.6 Å². The second-order valence-electron chi connectivity index (χ2n) is 5.66. The summed E-state index contributed by atoms with van der Waals surface area (Å²) in [5, 5.41) is 8.99. The van der Waals surface area contributed by atoms with Crippen molar-refractivity contribution in [3.8, 4) is 16.9 Å². The fraction of sp³-hybridized carbons (Fsp3) is 0.100. The molecule has 1 aromatic heterocycles. The lowest BCUT2D eigenvalue weighted by Gasteiger charge is -2.17. The molecule has 25 heavy (non-hydrogen) atoms. The first-order valence-electron chi connectivity index (χ1n) is 7.85. The van der Waals surface area contributed by atoms with E-state index in [4.69, 9.17) is 15.6 Å². The number of carboxylic acid groups (broad SMARTS) is 1. The number of hydrogen-bond donors (Lipinski definition) is 2. The lowest BCUT2D eigenvalue weighted by atomic mass is 10.1. The first-order chi connectivity index (χ1) is 12.0. The summed E-state index contributed by atoms with van der Waals surface area (Å²) in [5.41, 5.74) is 8.87. The van der Waals surface area contributed by atoms with Gasteiger partial charge in [0.05, 0.1) is 5.56 Å². The van der Waals surface area contributed by atoms with Crippen LogP contribution in [0.5, 0.6) is 5.75 Å². The molecule has 1 atom stereocenters. The minimum atomic E-state index is -0.956. The number of nitrogens with zero attached hydrogens (tertiary/aromatic N) is 1. The highest BCUT2D eigenvalue weighted by Gasteiger charge is 2.12. The highest BCUT2D eigenvalue weighted by Crippen LogP contribution is 2.30. The molecule has 0 fully saturated rings. The summed E-state index contributed by atoms with van der Waals surface area (Å²) in [6.45, 7) is 1.95. The summed E-state index contributed by atoms with van der Waals surface area (Å²) in [6, 6.07) is 18.2. The first-order valence-corrected chi connectivity index (χ1v) is 7.85. The number of carboxylic acids is 1. The van der Waals surface area contributed by atoms with Gasteiger partial charge in [-0.1, -0.05) is 42.5 Å². The molecule has 3 aromatic rings. The molecule has 3 rings (SSSR count). The van der Waals surface area contributed by atoms with Crippen molar-refractivity contribution < 1.29 is 14.6 Å². The summed E-state index contributed by atoms with van der Waals surface area (Å²) < 4.78 is 5.97. The fourth-order valence-corrected chi connectivity index (χ4v) is 2.50. The molecule has 5 heteroatoms. The van der Waals surface area contributed by atoms with E-state index >= 15 is 0 Å². The van der Waals surface area contributed by atoms with Crippen LogP contribution in [0.1, 0.15) is 28.9 Å². The second kappa shape index (κ2) is 7.05. The van der Waals surface area contributed by atoms with Crippen LogP contribution in [0.25, 0.3) is 11.1 Å². The average molecular weight is 334 g/mol. The number of ether oxygens (including phenoxy) is 1. The Balaban J connectivity index is 1.86. The molecule has 2 aromatic carbocycles. The van der Waals surface area contributed by atoms with E-state index in [0.717, 1.165) is 16.7 Å². The van der Waals surface area contributed by atoms with E-state index in [0.29, 0.717) is 11.6 Å². The van der Waals surface area contributed by atoms with Gasteiger partial charge in [-0.15, -0.1) is 0 Å². The standard InChI is InChI=1S/C20H18N2O3/c1-13(14-5-3-2-4-6-14)25-18-11-17(12-22-19(18)21)15-7-9-16(10-8-15)20(23)24/h2-13H,1H3,(H2,21,22)(H,23,24). The molecule has 0 aliphatic carbocycles. The van der Waals surface area contributed by atoms with Crippen molar-refractivity contribution in [1.82, 2.24) is 4.98 Å². The monoisotopic (exact) mass is 334 g/mol. The van der Waals surface area contributed by atoms with E-state index in [9.17, 15) is 4.79 Å². The van der Waals surface area contributed by atoms with Crippen LogP contribution >= 0.6 is 0 Å². The third-order valence-corrected chi connectivity index (χ3v) is 3.92. The Morgan fingerprint density at radius 1 is 1.08 bits per heavy atom. The molecule has 3 N–H and O–H groups in total. The predicted octanol–water partition coefficient (Wildman–Crippen LogP) is 4.17. The lowest BCUT2D eigenvalue weighted by molar-refractivity contribution is 0.0697. The number of carbonyl (C=O) groups is 1. The van der Waals surface area contributed by atoms with Crippen molar-refractivity contribution in [3.63, 3.8) is 0 Å². The minimum absolute atomic E-state index is 0.171. The van der Waals surface area contributed by atoms with Crippen LogP contribution in [0.4, 0.5) is 5.82 Å². The molecule has 0 radical (unpaired) electrons. The van der Waals surface area contributed by atoms with Crippen molar-refractivity contribution >= 4 is 11.8 Å². The summed E-state index contributed by atoms with van der Waals surface area (Å²) in [6.07, 6.45) is 1.47. The minimum Gasteiger partial charge on any atom is -0.482 e. The van der Waals surface area contributed by atoms with Crippen LogP contribution in [0, 0.1) is 0 Å². The van der Waals surface area contributed by atoms with Crippen molar-refractivity contribution in [2.45, 2.75) is 13.0 Å². The Bertz CT molecular complexity index is 877. The number of nitrogen functional groups attached to an aromatic ring is 1. The molecular formula is C20H18N2O3.